The standard InChI is InChI=1S/C18H20N4O/c1-21(2)15-7-5-14(6-8-15)18(23)19-11-13-4-9-17-16(10-13)20-12-22(17)3/h4-10,12H,11H2,1-3H3,(H,19,23). The number of carbonyl (C=O) groups is 1. The third kappa shape index (κ3) is 3.18. The van der Waals surface area contributed by atoms with Crippen LogP contribution in [0, 0.1) is 0 Å². The molecule has 1 heterocycles. The van der Waals surface area contributed by atoms with Gasteiger partial charge in [-0.05, 0) is 42.0 Å². The lowest BCUT2D eigenvalue weighted by molar-refractivity contribution is 0.0951. The van der Waals surface area contributed by atoms with E-state index >= 15 is 0 Å². The van der Waals surface area contributed by atoms with Crippen molar-refractivity contribution in [2.24, 2.45) is 7.05 Å². The maximum absolute atomic E-state index is 12.2. The Bertz CT molecular complexity index is 834. The summed E-state index contributed by atoms with van der Waals surface area (Å²) in [5.74, 6) is -0.0728. The highest BCUT2D eigenvalue weighted by atomic mass is 16.1. The van der Waals surface area contributed by atoms with Gasteiger partial charge in [0.25, 0.3) is 5.91 Å². The van der Waals surface area contributed by atoms with Crippen molar-refractivity contribution < 1.29 is 4.79 Å². The molecule has 0 atom stereocenters. The fourth-order valence-electron chi connectivity index (χ4n) is 2.49. The van der Waals surface area contributed by atoms with Gasteiger partial charge in [-0.2, -0.15) is 0 Å². The largest absolute Gasteiger partial charge is 0.378 e. The van der Waals surface area contributed by atoms with Crippen LogP contribution in [-0.4, -0.2) is 29.6 Å². The molecule has 0 unspecified atom stereocenters. The lowest BCUT2D eigenvalue weighted by atomic mass is 10.1. The maximum atomic E-state index is 12.2. The quantitative estimate of drug-likeness (QED) is 0.806. The second-order valence-corrected chi connectivity index (χ2v) is 5.80. The molecule has 0 fully saturated rings. The number of aryl methyl sites for hydroxylation is 1. The molecule has 118 valence electrons. The molecule has 5 heteroatoms. The number of nitrogens with one attached hydrogen (secondary N) is 1. The van der Waals surface area contributed by atoms with E-state index in [1.807, 2.05) is 73.1 Å². The van der Waals surface area contributed by atoms with Crippen LogP contribution in [0.25, 0.3) is 11.0 Å². The molecule has 0 aliphatic heterocycles. The minimum Gasteiger partial charge on any atom is -0.378 e. The SMILES string of the molecule is CN(C)c1ccc(C(=O)NCc2ccc3c(c2)ncn3C)cc1. The number of hydrogen-bond acceptors (Lipinski definition) is 3. The molecule has 0 spiro atoms. The normalized spacial score (nSPS) is 10.7. The van der Waals surface area contributed by atoms with Gasteiger partial charge in [0.1, 0.15) is 0 Å². The monoisotopic (exact) mass is 308 g/mol. The Hall–Kier alpha value is -2.82. The highest BCUT2D eigenvalue weighted by Crippen LogP contribution is 2.15. The van der Waals surface area contributed by atoms with Crippen molar-refractivity contribution in [1.82, 2.24) is 14.9 Å². The lowest BCUT2D eigenvalue weighted by Crippen LogP contribution is -2.22. The van der Waals surface area contributed by atoms with Crippen molar-refractivity contribution in [3.8, 4) is 0 Å². The van der Waals surface area contributed by atoms with Crippen molar-refractivity contribution in [3.63, 3.8) is 0 Å². The highest BCUT2D eigenvalue weighted by Gasteiger charge is 2.07. The smallest absolute Gasteiger partial charge is 0.251 e. The van der Waals surface area contributed by atoms with E-state index in [4.69, 9.17) is 0 Å². The van der Waals surface area contributed by atoms with Gasteiger partial charge in [0.05, 0.1) is 17.4 Å². The fraction of sp³-hybridized carbons (Fsp3) is 0.222. The summed E-state index contributed by atoms with van der Waals surface area (Å²) in [6.07, 6.45) is 1.79. The van der Waals surface area contributed by atoms with Gasteiger partial charge < -0.3 is 14.8 Å². The first-order valence-electron chi connectivity index (χ1n) is 7.50. The predicted octanol–water partition coefficient (Wildman–Crippen LogP) is 2.57. The Morgan fingerprint density at radius 3 is 2.61 bits per heavy atom. The Kier molecular flexibility index (Phi) is 4.02. The summed E-state index contributed by atoms with van der Waals surface area (Å²) >= 11 is 0. The molecule has 0 radical (unpaired) electrons. The summed E-state index contributed by atoms with van der Waals surface area (Å²) in [5, 5.41) is 2.95. The molecule has 0 saturated carbocycles. The molecule has 3 aromatic rings. The number of anilines is 1. The number of hydrogen-bond donors (Lipinski definition) is 1. The zero-order valence-corrected chi connectivity index (χ0v) is 13.6. The van der Waals surface area contributed by atoms with E-state index in [2.05, 4.69) is 10.3 Å². The Labute approximate surface area is 135 Å². The van der Waals surface area contributed by atoms with Gasteiger partial charge >= 0.3 is 0 Å². The van der Waals surface area contributed by atoms with Crippen LogP contribution in [0.15, 0.2) is 48.8 Å². The first-order valence-corrected chi connectivity index (χ1v) is 7.50. The molecule has 23 heavy (non-hydrogen) atoms. The number of rotatable bonds is 4. The molecule has 1 aromatic heterocycles. The number of aromatic nitrogens is 2. The number of amides is 1. The van der Waals surface area contributed by atoms with Crippen LogP contribution in [0.3, 0.4) is 0 Å². The maximum Gasteiger partial charge on any atom is 0.251 e. The van der Waals surface area contributed by atoms with Crippen LogP contribution in [0.4, 0.5) is 5.69 Å². The molecule has 0 aliphatic carbocycles. The van der Waals surface area contributed by atoms with Gasteiger partial charge in [-0.25, -0.2) is 4.98 Å². The van der Waals surface area contributed by atoms with Crippen molar-refractivity contribution in [2.75, 3.05) is 19.0 Å². The summed E-state index contributed by atoms with van der Waals surface area (Å²) in [6, 6.07) is 13.6. The van der Waals surface area contributed by atoms with E-state index in [-0.39, 0.29) is 5.91 Å². The van der Waals surface area contributed by atoms with Crippen LogP contribution in [0.5, 0.6) is 0 Å². The van der Waals surface area contributed by atoms with E-state index in [0.29, 0.717) is 12.1 Å². The van der Waals surface area contributed by atoms with E-state index in [1.165, 1.54) is 0 Å². The first-order chi connectivity index (χ1) is 11.0. The van der Waals surface area contributed by atoms with Crippen LogP contribution in [0.1, 0.15) is 15.9 Å². The Morgan fingerprint density at radius 2 is 1.91 bits per heavy atom. The fourth-order valence-corrected chi connectivity index (χ4v) is 2.49. The molecule has 5 nitrogen and oxygen atoms in total. The van der Waals surface area contributed by atoms with E-state index < -0.39 is 0 Å². The van der Waals surface area contributed by atoms with Crippen LogP contribution < -0.4 is 10.2 Å². The summed E-state index contributed by atoms with van der Waals surface area (Å²) in [6.45, 7) is 0.487. The number of imidazole rings is 1. The minimum absolute atomic E-state index is 0.0728. The summed E-state index contributed by atoms with van der Waals surface area (Å²) in [4.78, 5) is 18.6. The van der Waals surface area contributed by atoms with Crippen molar-refractivity contribution in [1.29, 1.82) is 0 Å². The van der Waals surface area contributed by atoms with E-state index in [1.54, 1.807) is 6.33 Å². The second kappa shape index (κ2) is 6.12. The average molecular weight is 308 g/mol. The van der Waals surface area contributed by atoms with Crippen LogP contribution in [-0.2, 0) is 13.6 Å². The van der Waals surface area contributed by atoms with E-state index in [0.717, 1.165) is 22.3 Å². The van der Waals surface area contributed by atoms with Gasteiger partial charge in [0.2, 0.25) is 0 Å². The number of nitrogens with zero attached hydrogens (tertiary/aromatic N) is 3. The molecule has 3 rings (SSSR count). The number of carbonyl (C=O) groups excluding carboxylic acids is 1. The zero-order valence-electron chi connectivity index (χ0n) is 13.6. The predicted molar refractivity (Wildman–Crippen MR) is 92.7 cm³/mol. The summed E-state index contributed by atoms with van der Waals surface area (Å²) < 4.78 is 1.98. The molecule has 0 aliphatic rings. The molecule has 2 aromatic carbocycles. The summed E-state index contributed by atoms with van der Waals surface area (Å²) in [5.41, 5.74) is 4.79. The molecular weight excluding hydrogens is 288 g/mol. The van der Waals surface area contributed by atoms with Crippen LogP contribution >= 0.6 is 0 Å². The molecule has 0 bridgehead atoms. The third-order valence-electron chi connectivity index (χ3n) is 3.89. The van der Waals surface area contributed by atoms with Crippen LogP contribution in [0.2, 0.25) is 0 Å². The first kappa shape index (κ1) is 15.1. The summed E-state index contributed by atoms with van der Waals surface area (Å²) in [7, 11) is 5.92. The lowest BCUT2D eigenvalue weighted by Gasteiger charge is -2.12. The minimum atomic E-state index is -0.0728. The second-order valence-electron chi connectivity index (χ2n) is 5.80. The number of benzene rings is 2. The molecule has 1 amide bonds. The Morgan fingerprint density at radius 1 is 1.17 bits per heavy atom. The number of fused-ring (bicyclic) bond motifs is 1. The van der Waals surface area contributed by atoms with Gasteiger partial charge in [0, 0.05) is 38.9 Å². The van der Waals surface area contributed by atoms with Gasteiger partial charge in [0.15, 0.2) is 0 Å². The average Bonchev–Trinajstić information content (AvgIpc) is 2.93. The van der Waals surface area contributed by atoms with Gasteiger partial charge in [-0.3, -0.25) is 4.79 Å². The highest BCUT2D eigenvalue weighted by molar-refractivity contribution is 5.94. The Balaban J connectivity index is 1.67. The topological polar surface area (TPSA) is 50.2 Å². The zero-order chi connectivity index (χ0) is 16.4. The molecular formula is C18H20N4O. The van der Waals surface area contributed by atoms with Crippen molar-refractivity contribution >= 4 is 22.6 Å². The third-order valence-corrected chi connectivity index (χ3v) is 3.89. The van der Waals surface area contributed by atoms with Crippen molar-refractivity contribution in [2.45, 2.75) is 6.54 Å². The van der Waals surface area contributed by atoms with E-state index in [9.17, 15) is 4.79 Å². The van der Waals surface area contributed by atoms with Gasteiger partial charge in [-0.1, -0.05) is 6.07 Å². The van der Waals surface area contributed by atoms with Crippen molar-refractivity contribution in [3.05, 3.63) is 59.9 Å². The molecule has 1 N–H and O–H groups in total. The van der Waals surface area contributed by atoms with Gasteiger partial charge in [-0.15, -0.1) is 0 Å². The molecule has 0 saturated heterocycles.